The number of fused-ring (bicyclic) bond motifs is 1. The van der Waals surface area contributed by atoms with E-state index in [1.807, 2.05) is 0 Å². The quantitative estimate of drug-likeness (QED) is 0.650. The molecule has 1 aromatic carbocycles. The van der Waals surface area contributed by atoms with Crippen molar-refractivity contribution >= 4 is 22.1 Å². The largest absolute Gasteiger partial charge is 0.393 e. The third-order valence-electron chi connectivity index (χ3n) is 3.46. The minimum atomic E-state index is -0.402. The lowest BCUT2D eigenvalue weighted by Crippen LogP contribution is -2.38. The van der Waals surface area contributed by atoms with Gasteiger partial charge in [0, 0.05) is 35.6 Å². The number of benzene rings is 1. The number of anilines is 1. The van der Waals surface area contributed by atoms with Gasteiger partial charge in [-0.3, -0.25) is 15.1 Å². The first-order chi connectivity index (χ1) is 9.15. The van der Waals surface area contributed by atoms with Crippen molar-refractivity contribution in [2.45, 2.75) is 25.0 Å². The molecule has 1 fully saturated rings. The van der Waals surface area contributed by atoms with Crippen LogP contribution in [0.2, 0.25) is 0 Å². The maximum Gasteiger partial charge on any atom is 0.278 e. The number of aliphatic hydroxyl groups excluding tert-OH is 1. The van der Waals surface area contributed by atoms with E-state index in [1.165, 1.54) is 12.3 Å². The van der Waals surface area contributed by atoms with E-state index in [0.29, 0.717) is 18.2 Å². The van der Waals surface area contributed by atoms with E-state index in [1.54, 1.807) is 18.3 Å². The molecule has 1 aromatic heterocycles. The van der Waals surface area contributed by atoms with Crippen LogP contribution >= 0.6 is 0 Å². The van der Waals surface area contributed by atoms with Gasteiger partial charge in [-0.1, -0.05) is 0 Å². The minimum Gasteiger partial charge on any atom is -0.393 e. The number of non-ortho nitro benzene ring substituents is 1. The molecular weight excluding hydrogens is 246 g/mol. The van der Waals surface area contributed by atoms with Gasteiger partial charge in [0.05, 0.1) is 16.4 Å². The zero-order valence-corrected chi connectivity index (χ0v) is 10.1. The molecule has 98 valence electrons. The van der Waals surface area contributed by atoms with Crippen LogP contribution in [0.15, 0.2) is 30.6 Å². The van der Waals surface area contributed by atoms with Crippen molar-refractivity contribution < 1.29 is 10.0 Å². The number of nitrogens with zero attached hydrogens (tertiary/aromatic N) is 2. The summed E-state index contributed by atoms with van der Waals surface area (Å²) in [4.78, 5) is 14.5. The van der Waals surface area contributed by atoms with Crippen molar-refractivity contribution in [3.05, 3.63) is 40.7 Å². The van der Waals surface area contributed by atoms with E-state index in [0.717, 1.165) is 11.1 Å². The monoisotopic (exact) mass is 259 g/mol. The van der Waals surface area contributed by atoms with Gasteiger partial charge < -0.3 is 10.4 Å². The number of aliphatic hydroxyl groups is 1. The average molecular weight is 259 g/mol. The molecule has 2 N–H and O–H groups in total. The van der Waals surface area contributed by atoms with Crippen LogP contribution in [0.3, 0.4) is 0 Å². The number of aromatic nitrogens is 1. The minimum absolute atomic E-state index is 0.0577. The maximum atomic E-state index is 11.0. The SMILES string of the molecule is O=[N+]([O-])c1ccc(NC2CC(O)C2)c2ccncc12. The molecule has 6 nitrogen and oxygen atoms in total. The third-order valence-corrected chi connectivity index (χ3v) is 3.46. The molecule has 0 bridgehead atoms. The Balaban J connectivity index is 2.01. The van der Waals surface area contributed by atoms with Gasteiger partial charge in [-0.2, -0.15) is 0 Å². The fourth-order valence-corrected chi connectivity index (χ4v) is 2.39. The number of nitrogens with one attached hydrogen (secondary N) is 1. The van der Waals surface area contributed by atoms with Crippen LogP contribution in [0.4, 0.5) is 11.4 Å². The van der Waals surface area contributed by atoms with Crippen molar-refractivity contribution in [3.8, 4) is 0 Å². The molecule has 1 heterocycles. The molecule has 3 rings (SSSR count). The van der Waals surface area contributed by atoms with Crippen molar-refractivity contribution in [2.24, 2.45) is 0 Å². The van der Waals surface area contributed by atoms with E-state index in [2.05, 4.69) is 10.3 Å². The summed E-state index contributed by atoms with van der Waals surface area (Å²) < 4.78 is 0. The van der Waals surface area contributed by atoms with E-state index in [-0.39, 0.29) is 17.8 Å². The van der Waals surface area contributed by atoms with Gasteiger partial charge in [0.2, 0.25) is 0 Å². The van der Waals surface area contributed by atoms with E-state index >= 15 is 0 Å². The molecule has 19 heavy (non-hydrogen) atoms. The van der Waals surface area contributed by atoms with E-state index < -0.39 is 4.92 Å². The number of nitro groups is 1. The summed E-state index contributed by atoms with van der Waals surface area (Å²) in [5.41, 5.74) is 0.905. The molecule has 0 saturated heterocycles. The van der Waals surface area contributed by atoms with Crippen LogP contribution in [0.25, 0.3) is 10.8 Å². The molecule has 2 aromatic rings. The second-order valence-electron chi connectivity index (χ2n) is 4.78. The highest BCUT2D eigenvalue weighted by Gasteiger charge is 2.27. The lowest BCUT2D eigenvalue weighted by molar-refractivity contribution is -0.383. The normalized spacial score (nSPS) is 21.9. The van der Waals surface area contributed by atoms with Crippen LogP contribution in [0, 0.1) is 10.1 Å². The maximum absolute atomic E-state index is 11.0. The highest BCUT2D eigenvalue weighted by molar-refractivity contribution is 5.99. The molecule has 1 aliphatic carbocycles. The van der Waals surface area contributed by atoms with Crippen LogP contribution in [-0.4, -0.2) is 27.2 Å². The summed E-state index contributed by atoms with van der Waals surface area (Å²) in [6.07, 6.45) is 4.32. The number of pyridine rings is 1. The van der Waals surface area contributed by atoms with Gasteiger partial charge in [-0.15, -0.1) is 0 Å². The van der Waals surface area contributed by atoms with Crippen molar-refractivity contribution in [3.63, 3.8) is 0 Å². The van der Waals surface area contributed by atoms with Gasteiger partial charge in [-0.25, -0.2) is 0 Å². The fourth-order valence-electron chi connectivity index (χ4n) is 2.39. The van der Waals surface area contributed by atoms with Crippen molar-refractivity contribution in [1.82, 2.24) is 4.98 Å². The summed E-state index contributed by atoms with van der Waals surface area (Å²) in [6, 6.07) is 5.19. The Bertz CT molecular complexity index is 638. The van der Waals surface area contributed by atoms with Crippen LogP contribution in [0.5, 0.6) is 0 Å². The first kappa shape index (κ1) is 11.9. The summed E-state index contributed by atoms with van der Waals surface area (Å²) in [5.74, 6) is 0. The summed E-state index contributed by atoms with van der Waals surface area (Å²) in [7, 11) is 0. The lowest BCUT2D eigenvalue weighted by atomic mass is 9.89. The number of nitro benzene ring substituents is 1. The summed E-state index contributed by atoms with van der Waals surface area (Å²) in [5, 5.41) is 24.9. The van der Waals surface area contributed by atoms with Crippen molar-refractivity contribution in [1.29, 1.82) is 0 Å². The lowest BCUT2D eigenvalue weighted by Gasteiger charge is -2.33. The molecule has 0 unspecified atom stereocenters. The standard InChI is InChI=1S/C13H13N3O3/c17-9-5-8(6-9)15-12-1-2-13(16(18)19)11-7-14-4-3-10(11)12/h1-4,7-9,15,17H,5-6H2. The Morgan fingerprint density at radius 1 is 1.32 bits per heavy atom. The van der Waals surface area contributed by atoms with Crippen LogP contribution in [0.1, 0.15) is 12.8 Å². The zero-order chi connectivity index (χ0) is 13.4. The molecule has 0 spiro atoms. The molecule has 6 heteroatoms. The zero-order valence-electron chi connectivity index (χ0n) is 10.1. The van der Waals surface area contributed by atoms with Gasteiger partial charge in [0.1, 0.15) is 0 Å². The van der Waals surface area contributed by atoms with E-state index in [4.69, 9.17) is 0 Å². The molecule has 0 aliphatic heterocycles. The summed E-state index contributed by atoms with van der Waals surface area (Å²) >= 11 is 0. The third kappa shape index (κ3) is 2.10. The van der Waals surface area contributed by atoms with Gasteiger partial charge in [-0.05, 0) is 25.0 Å². The predicted molar refractivity (Wildman–Crippen MR) is 71.0 cm³/mol. The van der Waals surface area contributed by atoms with E-state index in [9.17, 15) is 15.2 Å². The second-order valence-corrected chi connectivity index (χ2v) is 4.78. The van der Waals surface area contributed by atoms with Gasteiger partial charge in [0.25, 0.3) is 5.69 Å². The highest BCUT2D eigenvalue weighted by Crippen LogP contribution is 2.33. The number of hydrogen-bond acceptors (Lipinski definition) is 5. The molecular formula is C13H13N3O3. The Morgan fingerprint density at radius 3 is 2.79 bits per heavy atom. The Hall–Kier alpha value is -2.21. The Labute approximate surface area is 109 Å². The predicted octanol–water partition coefficient (Wildman–Crippen LogP) is 2.08. The first-order valence-corrected chi connectivity index (χ1v) is 6.11. The fraction of sp³-hybridized carbons (Fsp3) is 0.308. The van der Waals surface area contributed by atoms with Crippen LogP contribution in [-0.2, 0) is 0 Å². The Kier molecular flexibility index (Phi) is 2.79. The molecule has 1 aliphatic rings. The molecule has 0 amide bonds. The highest BCUT2D eigenvalue weighted by atomic mass is 16.6. The first-order valence-electron chi connectivity index (χ1n) is 6.11. The Morgan fingerprint density at radius 2 is 2.11 bits per heavy atom. The van der Waals surface area contributed by atoms with Crippen molar-refractivity contribution in [2.75, 3.05) is 5.32 Å². The smallest absolute Gasteiger partial charge is 0.278 e. The molecule has 0 radical (unpaired) electrons. The average Bonchev–Trinajstić information content (AvgIpc) is 2.36. The topological polar surface area (TPSA) is 88.3 Å². The second kappa shape index (κ2) is 4.47. The van der Waals surface area contributed by atoms with Gasteiger partial charge >= 0.3 is 0 Å². The summed E-state index contributed by atoms with van der Waals surface area (Å²) in [6.45, 7) is 0. The van der Waals surface area contributed by atoms with Crippen LogP contribution < -0.4 is 5.32 Å². The number of rotatable bonds is 3. The number of hydrogen-bond donors (Lipinski definition) is 2. The van der Waals surface area contributed by atoms with Gasteiger partial charge in [0.15, 0.2) is 0 Å². The molecule has 1 saturated carbocycles. The molecule has 0 atom stereocenters.